The highest BCUT2D eigenvalue weighted by molar-refractivity contribution is 4.93. The minimum atomic E-state index is -2.82. The number of hydrogen-bond donors (Lipinski definition) is 0. The van der Waals surface area contributed by atoms with Crippen LogP contribution >= 0.6 is 0 Å². The predicted molar refractivity (Wildman–Crippen MR) is 88.7 cm³/mol. The van der Waals surface area contributed by atoms with Crippen LogP contribution in [0.5, 0.6) is 0 Å². The Hall–Kier alpha value is -0.280. The third kappa shape index (κ3) is 3.93. The topological polar surface area (TPSA) is 0 Å². The summed E-state index contributed by atoms with van der Waals surface area (Å²) in [7, 11) is 0. The average molecular weight is 348 g/mol. The zero-order chi connectivity index (χ0) is 17.3. The van der Waals surface area contributed by atoms with Crippen LogP contribution in [0, 0.1) is 29.6 Å². The molecule has 0 saturated heterocycles. The Labute approximate surface area is 143 Å². The molecular formula is C20H32F4. The lowest BCUT2D eigenvalue weighted by atomic mass is 9.66. The van der Waals surface area contributed by atoms with Gasteiger partial charge in [0.25, 0.3) is 5.92 Å². The minimum absolute atomic E-state index is 0.0446. The second kappa shape index (κ2) is 7.53. The lowest BCUT2D eigenvalue weighted by molar-refractivity contribution is -0.144. The van der Waals surface area contributed by atoms with Crippen LogP contribution in [0.1, 0.15) is 77.6 Å². The van der Waals surface area contributed by atoms with E-state index in [4.69, 9.17) is 0 Å². The van der Waals surface area contributed by atoms with E-state index in [9.17, 15) is 17.6 Å². The standard InChI is InChI=1S/C20H32F4/c1-13-2-4-14(5-3-13)15-6-8-16(9-7-15)20(23,24)17-10-11-18(21)19(22)12-17/h13-19H,2-12H2,1H3. The third-order valence-corrected chi connectivity index (χ3v) is 7.28. The number of hydrogen-bond acceptors (Lipinski definition) is 0. The van der Waals surface area contributed by atoms with E-state index >= 15 is 0 Å². The molecule has 0 nitrogen and oxygen atoms in total. The monoisotopic (exact) mass is 348 g/mol. The van der Waals surface area contributed by atoms with E-state index in [1.807, 2.05) is 0 Å². The van der Waals surface area contributed by atoms with Crippen molar-refractivity contribution in [2.45, 2.75) is 95.8 Å². The largest absolute Gasteiger partial charge is 0.253 e. The first-order chi connectivity index (χ1) is 11.4. The molecule has 3 unspecified atom stereocenters. The summed E-state index contributed by atoms with van der Waals surface area (Å²) in [5.74, 6) is -2.24. The minimum Gasteiger partial charge on any atom is -0.244 e. The molecule has 0 amide bonds. The van der Waals surface area contributed by atoms with Crippen LogP contribution in [-0.2, 0) is 0 Å². The summed E-state index contributed by atoms with van der Waals surface area (Å²) >= 11 is 0. The van der Waals surface area contributed by atoms with E-state index in [0.29, 0.717) is 18.8 Å². The molecule has 3 fully saturated rings. The fourth-order valence-corrected chi connectivity index (χ4v) is 5.49. The molecule has 0 aromatic carbocycles. The number of halogens is 4. The SMILES string of the molecule is CC1CCC(C2CCC(C(F)(F)C3CCC(F)C(F)C3)CC2)CC1. The lowest BCUT2D eigenvalue weighted by Crippen LogP contribution is -2.44. The van der Waals surface area contributed by atoms with Crippen molar-refractivity contribution in [3.8, 4) is 0 Å². The van der Waals surface area contributed by atoms with Crippen molar-refractivity contribution in [3.63, 3.8) is 0 Å². The molecule has 0 spiro atoms. The van der Waals surface area contributed by atoms with Gasteiger partial charge in [-0.3, -0.25) is 0 Å². The average Bonchev–Trinajstić information content (AvgIpc) is 2.58. The highest BCUT2D eigenvalue weighted by Crippen LogP contribution is 2.50. The van der Waals surface area contributed by atoms with Crippen molar-refractivity contribution in [1.29, 1.82) is 0 Å². The van der Waals surface area contributed by atoms with E-state index in [1.54, 1.807) is 0 Å². The highest BCUT2D eigenvalue weighted by Gasteiger charge is 2.50. The summed E-state index contributed by atoms with van der Waals surface area (Å²) in [6.45, 7) is 2.30. The van der Waals surface area contributed by atoms with Gasteiger partial charge in [-0.1, -0.05) is 19.8 Å². The van der Waals surface area contributed by atoms with Gasteiger partial charge >= 0.3 is 0 Å². The fraction of sp³-hybridized carbons (Fsp3) is 1.00. The van der Waals surface area contributed by atoms with Crippen LogP contribution in [0.4, 0.5) is 17.6 Å². The van der Waals surface area contributed by atoms with E-state index in [0.717, 1.165) is 24.7 Å². The zero-order valence-electron chi connectivity index (χ0n) is 14.8. The maximum atomic E-state index is 14.8. The molecule has 24 heavy (non-hydrogen) atoms. The summed E-state index contributed by atoms with van der Waals surface area (Å²) < 4.78 is 56.5. The Kier molecular flexibility index (Phi) is 5.81. The predicted octanol–water partition coefficient (Wildman–Crippen LogP) is 6.73. The van der Waals surface area contributed by atoms with Gasteiger partial charge in [0.1, 0.15) is 12.3 Å². The van der Waals surface area contributed by atoms with Gasteiger partial charge in [-0.25, -0.2) is 17.6 Å². The van der Waals surface area contributed by atoms with Gasteiger partial charge in [0, 0.05) is 11.8 Å². The first kappa shape index (κ1) is 18.5. The Balaban J connectivity index is 1.52. The normalized spacial score (nSPS) is 45.1. The summed E-state index contributed by atoms with van der Waals surface area (Å²) in [6.07, 6.45) is 4.57. The fourth-order valence-electron chi connectivity index (χ4n) is 5.49. The van der Waals surface area contributed by atoms with Crippen molar-refractivity contribution < 1.29 is 17.6 Å². The van der Waals surface area contributed by atoms with Crippen molar-refractivity contribution in [3.05, 3.63) is 0 Å². The second-order valence-electron chi connectivity index (χ2n) is 8.85. The molecule has 0 heterocycles. The van der Waals surface area contributed by atoms with Crippen LogP contribution in [0.15, 0.2) is 0 Å². The molecule has 3 atom stereocenters. The highest BCUT2D eigenvalue weighted by atomic mass is 19.3. The Morgan fingerprint density at radius 1 is 0.625 bits per heavy atom. The van der Waals surface area contributed by atoms with E-state index in [1.165, 1.54) is 25.7 Å². The molecule has 140 valence electrons. The summed E-state index contributed by atoms with van der Waals surface area (Å²) in [4.78, 5) is 0. The first-order valence-corrected chi connectivity index (χ1v) is 10.0. The molecule has 3 saturated carbocycles. The van der Waals surface area contributed by atoms with Crippen molar-refractivity contribution >= 4 is 0 Å². The first-order valence-electron chi connectivity index (χ1n) is 10.0. The zero-order valence-corrected chi connectivity index (χ0v) is 14.8. The molecule has 3 aliphatic rings. The van der Waals surface area contributed by atoms with Crippen LogP contribution < -0.4 is 0 Å². The maximum Gasteiger partial charge on any atom is 0.253 e. The Morgan fingerprint density at radius 2 is 1.12 bits per heavy atom. The summed E-state index contributed by atoms with van der Waals surface area (Å²) in [5.41, 5.74) is 0. The third-order valence-electron chi connectivity index (χ3n) is 7.28. The van der Waals surface area contributed by atoms with Gasteiger partial charge in [-0.05, 0) is 75.5 Å². The smallest absolute Gasteiger partial charge is 0.244 e. The van der Waals surface area contributed by atoms with Crippen molar-refractivity contribution in [1.82, 2.24) is 0 Å². The van der Waals surface area contributed by atoms with Gasteiger partial charge in [0.05, 0.1) is 0 Å². The summed E-state index contributed by atoms with van der Waals surface area (Å²) in [6, 6.07) is 0. The Morgan fingerprint density at radius 3 is 1.67 bits per heavy atom. The number of alkyl halides is 4. The second-order valence-corrected chi connectivity index (χ2v) is 8.85. The lowest BCUT2D eigenvalue weighted by Gasteiger charge is -2.42. The molecule has 0 N–H and O–H groups in total. The molecule has 0 bridgehead atoms. The molecule has 0 aromatic heterocycles. The molecule has 0 aliphatic heterocycles. The van der Waals surface area contributed by atoms with Crippen molar-refractivity contribution in [2.24, 2.45) is 29.6 Å². The molecule has 0 radical (unpaired) electrons. The van der Waals surface area contributed by atoms with Gasteiger partial charge in [-0.2, -0.15) is 0 Å². The van der Waals surface area contributed by atoms with Gasteiger partial charge < -0.3 is 0 Å². The Bertz CT molecular complexity index is 394. The van der Waals surface area contributed by atoms with Crippen LogP contribution in [0.3, 0.4) is 0 Å². The molecule has 0 aromatic rings. The molecule has 3 rings (SSSR count). The van der Waals surface area contributed by atoms with Gasteiger partial charge in [0.15, 0.2) is 0 Å². The molecular weight excluding hydrogens is 316 g/mol. The van der Waals surface area contributed by atoms with Crippen molar-refractivity contribution in [2.75, 3.05) is 0 Å². The summed E-state index contributed by atoms with van der Waals surface area (Å²) in [5, 5.41) is 0. The van der Waals surface area contributed by atoms with Gasteiger partial charge in [-0.15, -0.1) is 0 Å². The maximum absolute atomic E-state index is 14.8. The van der Waals surface area contributed by atoms with Crippen LogP contribution in [-0.4, -0.2) is 18.3 Å². The molecule has 3 aliphatic carbocycles. The van der Waals surface area contributed by atoms with E-state index < -0.39 is 30.1 Å². The number of rotatable bonds is 3. The van der Waals surface area contributed by atoms with E-state index in [-0.39, 0.29) is 19.3 Å². The molecule has 4 heteroatoms. The quantitative estimate of drug-likeness (QED) is 0.496. The van der Waals surface area contributed by atoms with Crippen LogP contribution in [0.2, 0.25) is 0 Å². The van der Waals surface area contributed by atoms with Gasteiger partial charge in [0.2, 0.25) is 0 Å². The van der Waals surface area contributed by atoms with Crippen LogP contribution in [0.25, 0.3) is 0 Å². The van der Waals surface area contributed by atoms with E-state index in [2.05, 4.69) is 6.92 Å².